The van der Waals surface area contributed by atoms with Crippen molar-refractivity contribution in [2.75, 3.05) is 7.05 Å². The Kier molecular flexibility index (Phi) is 7.38. The quantitative estimate of drug-likeness (QED) is 0.183. The molecule has 0 aliphatic rings. The van der Waals surface area contributed by atoms with E-state index in [1.54, 1.807) is 42.3 Å². The molecular formula is C31H26FN3O2S. The van der Waals surface area contributed by atoms with Gasteiger partial charge in [-0.2, -0.15) is 0 Å². The first-order valence-electron chi connectivity index (χ1n) is 12.2. The van der Waals surface area contributed by atoms with Crippen LogP contribution >= 0.6 is 11.8 Å². The van der Waals surface area contributed by atoms with Gasteiger partial charge in [-0.15, -0.1) is 0 Å². The maximum absolute atomic E-state index is 13.7. The van der Waals surface area contributed by atoms with Crippen LogP contribution < -0.4 is 5.56 Å². The first-order chi connectivity index (χ1) is 18.4. The fourth-order valence-electron chi connectivity index (χ4n) is 4.19. The lowest BCUT2D eigenvalue weighted by Crippen LogP contribution is -2.26. The number of carbonyl (C=O) groups excluding carboxylic acids is 1. The molecule has 0 fully saturated rings. The van der Waals surface area contributed by atoms with E-state index in [1.807, 2.05) is 61.5 Å². The van der Waals surface area contributed by atoms with Gasteiger partial charge in [0.2, 0.25) is 0 Å². The maximum atomic E-state index is 13.7. The Morgan fingerprint density at radius 3 is 2.34 bits per heavy atom. The number of hydrogen-bond donors (Lipinski definition) is 0. The first kappa shape index (κ1) is 25.4. The van der Waals surface area contributed by atoms with E-state index in [9.17, 15) is 14.0 Å². The third-order valence-electron chi connectivity index (χ3n) is 6.27. The monoisotopic (exact) mass is 523 g/mol. The third-order valence-corrected chi connectivity index (χ3v) is 7.28. The van der Waals surface area contributed by atoms with Crippen LogP contribution in [0.1, 0.15) is 27.0 Å². The Bertz CT molecular complexity index is 1650. The van der Waals surface area contributed by atoms with Gasteiger partial charge in [0.05, 0.1) is 16.6 Å². The van der Waals surface area contributed by atoms with Crippen molar-refractivity contribution < 1.29 is 9.18 Å². The minimum Gasteiger partial charge on any atom is -0.337 e. The molecule has 5 aromatic rings. The van der Waals surface area contributed by atoms with Gasteiger partial charge < -0.3 is 4.90 Å². The molecule has 4 aromatic carbocycles. The number of hydrogen-bond acceptors (Lipinski definition) is 4. The Labute approximate surface area is 224 Å². The largest absolute Gasteiger partial charge is 0.337 e. The number of nitrogens with zero attached hydrogens (tertiary/aromatic N) is 3. The Balaban J connectivity index is 1.53. The zero-order valence-corrected chi connectivity index (χ0v) is 21.9. The molecule has 5 nitrogen and oxygen atoms in total. The van der Waals surface area contributed by atoms with Gasteiger partial charge in [0, 0.05) is 24.9 Å². The summed E-state index contributed by atoms with van der Waals surface area (Å²) in [4.78, 5) is 33.3. The summed E-state index contributed by atoms with van der Waals surface area (Å²) in [7, 11) is 1.75. The molecule has 5 rings (SSSR count). The van der Waals surface area contributed by atoms with Gasteiger partial charge >= 0.3 is 0 Å². The van der Waals surface area contributed by atoms with Gasteiger partial charge in [-0.1, -0.05) is 71.9 Å². The second kappa shape index (κ2) is 11.0. The SMILES string of the molecule is Cc1ccc(CSc2nc3cc(C(=O)N(C)Cc4ccccc4)ccc3c(=O)n2-c2ccc(F)cc2)cc1. The molecule has 0 aliphatic carbocycles. The van der Waals surface area contributed by atoms with E-state index in [2.05, 4.69) is 0 Å². The van der Waals surface area contributed by atoms with Crippen molar-refractivity contribution in [3.8, 4) is 5.69 Å². The number of fused-ring (bicyclic) bond motifs is 1. The lowest BCUT2D eigenvalue weighted by atomic mass is 10.1. The zero-order chi connectivity index (χ0) is 26.6. The molecule has 7 heteroatoms. The van der Waals surface area contributed by atoms with Crippen LogP contribution in [0.3, 0.4) is 0 Å². The molecule has 1 amide bonds. The number of rotatable bonds is 7. The second-order valence-electron chi connectivity index (χ2n) is 9.16. The minimum absolute atomic E-state index is 0.158. The van der Waals surface area contributed by atoms with Crippen LogP contribution in [0.15, 0.2) is 107 Å². The van der Waals surface area contributed by atoms with E-state index in [0.29, 0.717) is 39.6 Å². The molecular weight excluding hydrogens is 497 g/mol. The van der Waals surface area contributed by atoms with Crippen LogP contribution in [0.2, 0.25) is 0 Å². The Morgan fingerprint density at radius 1 is 0.921 bits per heavy atom. The molecule has 0 saturated carbocycles. The van der Waals surface area contributed by atoms with Crippen molar-refractivity contribution in [2.24, 2.45) is 0 Å². The summed E-state index contributed by atoms with van der Waals surface area (Å²) in [6.45, 7) is 2.50. The summed E-state index contributed by atoms with van der Waals surface area (Å²) < 4.78 is 15.1. The Morgan fingerprint density at radius 2 is 1.63 bits per heavy atom. The molecule has 38 heavy (non-hydrogen) atoms. The molecule has 0 radical (unpaired) electrons. The summed E-state index contributed by atoms with van der Waals surface area (Å²) in [6, 6.07) is 28.7. The topological polar surface area (TPSA) is 55.2 Å². The summed E-state index contributed by atoms with van der Waals surface area (Å²) in [5.41, 5.74) is 4.44. The molecule has 1 heterocycles. The molecule has 190 valence electrons. The van der Waals surface area contributed by atoms with Gasteiger partial charge in [-0.3, -0.25) is 14.2 Å². The van der Waals surface area contributed by atoms with Crippen LogP contribution in [0.25, 0.3) is 16.6 Å². The van der Waals surface area contributed by atoms with E-state index < -0.39 is 0 Å². The molecule has 0 bridgehead atoms. The average molecular weight is 524 g/mol. The number of aryl methyl sites for hydroxylation is 1. The fraction of sp³-hybridized carbons (Fsp3) is 0.129. The van der Waals surface area contributed by atoms with E-state index in [0.717, 1.165) is 11.1 Å². The standard InChI is InChI=1S/C31H26FN3O2S/c1-21-8-10-23(11-9-21)20-38-31-33-28-18-24(29(36)34(2)19-22-6-4-3-5-7-22)12-17-27(28)30(37)35(31)26-15-13-25(32)14-16-26/h3-18H,19-20H2,1-2H3. The van der Waals surface area contributed by atoms with Gasteiger partial charge in [0.15, 0.2) is 5.16 Å². The predicted octanol–water partition coefficient (Wildman–Crippen LogP) is 6.40. The normalized spacial score (nSPS) is 11.0. The van der Waals surface area contributed by atoms with Gasteiger partial charge in [-0.25, -0.2) is 9.37 Å². The van der Waals surface area contributed by atoms with Crippen LogP contribution in [0, 0.1) is 12.7 Å². The van der Waals surface area contributed by atoms with Crippen LogP contribution in [0.5, 0.6) is 0 Å². The van der Waals surface area contributed by atoms with Crippen LogP contribution in [0.4, 0.5) is 4.39 Å². The number of amides is 1. The lowest BCUT2D eigenvalue weighted by Gasteiger charge is -2.18. The number of thioether (sulfide) groups is 1. The van der Waals surface area contributed by atoms with Crippen LogP contribution in [-0.4, -0.2) is 27.4 Å². The smallest absolute Gasteiger partial charge is 0.266 e. The fourth-order valence-corrected chi connectivity index (χ4v) is 5.16. The first-order valence-corrected chi connectivity index (χ1v) is 13.2. The summed E-state index contributed by atoms with van der Waals surface area (Å²) >= 11 is 1.42. The minimum atomic E-state index is -0.382. The highest BCUT2D eigenvalue weighted by Crippen LogP contribution is 2.26. The Hall–Kier alpha value is -4.23. The van der Waals surface area contributed by atoms with Crippen molar-refractivity contribution in [1.82, 2.24) is 14.5 Å². The van der Waals surface area contributed by atoms with Crippen molar-refractivity contribution in [3.05, 3.63) is 135 Å². The van der Waals surface area contributed by atoms with E-state index in [1.165, 1.54) is 34.0 Å². The highest BCUT2D eigenvalue weighted by Gasteiger charge is 2.18. The highest BCUT2D eigenvalue weighted by molar-refractivity contribution is 7.98. The van der Waals surface area contributed by atoms with Gasteiger partial charge in [-0.05, 0) is 60.5 Å². The number of benzene rings is 4. The van der Waals surface area contributed by atoms with Crippen molar-refractivity contribution >= 4 is 28.6 Å². The zero-order valence-electron chi connectivity index (χ0n) is 21.1. The summed E-state index contributed by atoms with van der Waals surface area (Å²) in [6.07, 6.45) is 0. The molecule has 0 atom stereocenters. The molecule has 0 N–H and O–H groups in total. The van der Waals surface area contributed by atoms with Crippen molar-refractivity contribution in [1.29, 1.82) is 0 Å². The van der Waals surface area contributed by atoms with Crippen molar-refractivity contribution in [2.45, 2.75) is 24.4 Å². The molecule has 0 unspecified atom stereocenters. The molecule has 0 spiro atoms. The molecule has 0 saturated heterocycles. The average Bonchev–Trinajstić information content (AvgIpc) is 2.93. The lowest BCUT2D eigenvalue weighted by molar-refractivity contribution is 0.0785. The highest BCUT2D eigenvalue weighted by atomic mass is 32.2. The van der Waals surface area contributed by atoms with Crippen LogP contribution in [-0.2, 0) is 12.3 Å². The number of aromatic nitrogens is 2. The second-order valence-corrected chi connectivity index (χ2v) is 10.1. The van der Waals surface area contributed by atoms with E-state index >= 15 is 0 Å². The summed E-state index contributed by atoms with van der Waals surface area (Å²) in [5, 5.41) is 0.855. The third kappa shape index (κ3) is 5.53. The molecule has 0 aliphatic heterocycles. The number of halogens is 1. The maximum Gasteiger partial charge on any atom is 0.266 e. The van der Waals surface area contributed by atoms with E-state index in [-0.39, 0.29) is 17.3 Å². The van der Waals surface area contributed by atoms with Crippen molar-refractivity contribution in [3.63, 3.8) is 0 Å². The van der Waals surface area contributed by atoms with Gasteiger partial charge in [0.1, 0.15) is 5.82 Å². The molecule has 1 aromatic heterocycles. The predicted molar refractivity (Wildman–Crippen MR) is 150 cm³/mol. The summed E-state index contributed by atoms with van der Waals surface area (Å²) in [5.74, 6) is 0.0546. The van der Waals surface area contributed by atoms with Gasteiger partial charge in [0.25, 0.3) is 11.5 Å². The number of carbonyl (C=O) groups is 1. The van der Waals surface area contributed by atoms with E-state index in [4.69, 9.17) is 4.98 Å².